The molecule has 3 atom stereocenters. The number of rotatable bonds is 4. The standard InChI is InChI=1S/C18H21FN4O3/c19-13-7-20-8-14(13)21-6-10-2-1-3-11-12(10)9-23(18(11)26)15-4-5-16(24)22-17(15)25/h1-3,13-15,20-21H,4-9H2,(H,22,24,25)/t13-,14+,15?/m0/s1. The second kappa shape index (κ2) is 6.77. The van der Waals surface area contributed by atoms with E-state index < -0.39 is 18.1 Å². The average Bonchev–Trinajstić information content (AvgIpc) is 3.17. The number of hydrogen-bond acceptors (Lipinski definition) is 5. The van der Waals surface area contributed by atoms with Crippen LogP contribution in [-0.4, -0.2) is 54.0 Å². The van der Waals surface area contributed by atoms with Crippen LogP contribution in [0.5, 0.6) is 0 Å². The normalized spacial score (nSPS) is 28.4. The van der Waals surface area contributed by atoms with Gasteiger partial charge in [-0.15, -0.1) is 0 Å². The number of carbonyl (C=O) groups is 3. The first-order valence-corrected chi connectivity index (χ1v) is 8.88. The Hall–Kier alpha value is -2.32. The molecule has 1 unspecified atom stereocenters. The summed E-state index contributed by atoms with van der Waals surface area (Å²) in [5.74, 6) is -0.909. The summed E-state index contributed by atoms with van der Waals surface area (Å²) < 4.78 is 13.7. The Morgan fingerprint density at radius 1 is 1.23 bits per heavy atom. The third kappa shape index (κ3) is 2.99. The van der Waals surface area contributed by atoms with E-state index >= 15 is 0 Å². The topological polar surface area (TPSA) is 90.5 Å². The molecule has 3 amide bonds. The molecule has 2 fully saturated rings. The van der Waals surface area contributed by atoms with Gasteiger partial charge in [-0.25, -0.2) is 4.39 Å². The molecular weight excluding hydrogens is 339 g/mol. The smallest absolute Gasteiger partial charge is 0.255 e. The summed E-state index contributed by atoms with van der Waals surface area (Å²) in [5.41, 5.74) is 2.39. The van der Waals surface area contributed by atoms with Crippen LogP contribution in [0.3, 0.4) is 0 Å². The van der Waals surface area contributed by atoms with Gasteiger partial charge in [-0.3, -0.25) is 19.7 Å². The quantitative estimate of drug-likeness (QED) is 0.650. The lowest BCUT2D eigenvalue weighted by Crippen LogP contribution is -2.52. The monoisotopic (exact) mass is 360 g/mol. The van der Waals surface area contributed by atoms with E-state index in [1.165, 1.54) is 4.90 Å². The van der Waals surface area contributed by atoms with Crippen molar-refractivity contribution in [1.29, 1.82) is 0 Å². The van der Waals surface area contributed by atoms with Gasteiger partial charge in [0.25, 0.3) is 5.91 Å². The van der Waals surface area contributed by atoms with Crippen LogP contribution in [0.4, 0.5) is 4.39 Å². The molecule has 0 radical (unpaired) electrons. The van der Waals surface area contributed by atoms with Crippen molar-refractivity contribution in [2.24, 2.45) is 0 Å². The number of carbonyl (C=O) groups excluding carboxylic acids is 3. The largest absolute Gasteiger partial charge is 0.322 e. The molecule has 0 spiro atoms. The average molecular weight is 360 g/mol. The van der Waals surface area contributed by atoms with Crippen LogP contribution < -0.4 is 16.0 Å². The Morgan fingerprint density at radius 2 is 2.08 bits per heavy atom. The SMILES string of the molecule is O=C1CCC(N2Cc3c(CN[C@@H]4CNC[C@@H]4F)cccc3C2=O)C(=O)N1. The Balaban J connectivity index is 1.50. The number of imide groups is 1. The number of benzene rings is 1. The van der Waals surface area contributed by atoms with Crippen LogP contribution in [0.25, 0.3) is 0 Å². The molecule has 1 aromatic rings. The van der Waals surface area contributed by atoms with Gasteiger partial charge in [0.2, 0.25) is 11.8 Å². The fourth-order valence-corrected chi connectivity index (χ4v) is 3.90. The predicted octanol–water partition coefficient (Wildman–Crippen LogP) is -0.153. The molecule has 3 heterocycles. The Morgan fingerprint density at radius 3 is 2.81 bits per heavy atom. The highest BCUT2D eigenvalue weighted by Crippen LogP contribution is 2.29. The summed E-state index contributed by atoms with van der Waals surface area (Å²) >= 11 is 0. The fourth-order valence-electron chi connectivity index (χ4n) is 3.90. The number of alkyl halides is 1. The highest BCUT2D eigenvalue weighted by molar-refractivity contribution is 6.05. The molecule has 3 N–H and O–H groups in total. The maximum atomic E-state index is 13.7. The molecule has 0 saturated carbocycles. The molecule has 3 aliphatic heterocycles. The number of fused-ring (bicyclic) bond motifs is 1. The first-order valence-electron chi connectivity index (χ1n) is 8.88. The van der Waals surface area contributed by atoms with Crippen LogP contribution in [-0.2, 0) is 22.7 Å². The van der Waals surface area contributed by atoms with Crippen molar-refractivity contribution in [1.82, 2.24) is 20.9 Å². The summed E-state index contributed by atoms with van der Waals surface area (Å²) in [4.78, 5) is 37.8. The fraction of sp³-hybridized carbons (Fsp3) is 0.500. The summed E-state index contributed by atoms with van der Waals surface area (Å²) in [7, 11) is 0. The van der Waals surface area contributed by atoms with Gasteiger partial charge < -0.3 is 15.5 Å². The van der Waals surface area contributed by atoms with Crippen molar-refractivity contribution in [3.63, 3.8) is 0 Å². The minimum atomic E-state index is -0.923. The van der Waals surface area contributed by atoms with Gasteiger partial charge in [-0.2, -0.15) is 0 Å². The van der Waals surface area contributed by atoms with E-state index in [0.717, 1.165) is 11.1 Å². The van der Waals surface area contributed by atoms with Crippen molar-refractivity contribution in [3.05, 3.63) is 34.9 Å². The molecule has 4 rings (SSSR count). The maximum Gasteiger partial charge on any atom is 0.255 e. The van der Waals surface area contributed by atoms with Crippen molar-refractivity contribution in [2.75, 3.05) is 13.1 Å². The molecular formula is C18H21FN4O3. The second-order valence-corrected chi connectivity index (χ2v) is 7.00. The number of nitrogens with one attached hydrogen (secondary N) is 3. The molecule has 26 heavy (non-hydrogen) atoms. The van der Waals surface area contributed by atoms with E-state index in [0.29, 0.717) is 38.2 Å². The summed E-state index contributed by atoms with van der Waals surface area (Å²) in [6.45, 7) is 1.73. The maximum absolute atomic E-state index is 13.7. The van der Waals surface area contributed by atoms with Crippen LogP contribution in [0, 0.1) is 0 Å². The predicted molar refractivity (Wildman–Crippen MR) is 90.9 cm³/mol. The molecule has 1 aromatic carbocycles. The van der Waals surface area contributed by atoms with Crippen LogP contribution in [0.1, 0.15) is 34.3 Å². The van der Waals surface area contributed by atoms with Gasteiger partial charge in [-0.1, -0.05) is 12.1 Å². The van der Waals surface area contributed by atoms with Gasteiger partial charge >= 0.3 is 0 Å². The number of nitrogens with zero attached hydrogens (tertiary/aromatic N) is 1. The first kappa shape index (κ1) is 17.1. The number of hydrogen-bond donors (Lipinski definition) is 3. The third-order valence-electron chi connectivity index (χ3n) is 5.37. The zero-order valence-corrected chi connectivity index (χ0v) is 14.3. The molecule has 8 heteroatoms. The van der Waals surface area contributed by atoms with Gasteiger partial charge in [0.05, 0.1) is 6.04 Å². The van der Waals surface area contributed by atoms with E-state index in [1.54, 1.807) is 6.07 Å². The number of halogens is 1. The van der Waals surface area contributed by atoms with E-state index in [-0.39, 0.29) is 24.3 Å². The molecule has 3 aliphatic rings. The third-order valence-corrected chi connectivity index (χ3v) is 5.37. The van der Waals surface area contributed by atoms with Gasteiger partial charge in [0.1, 0.15) is 12.2 Å². The summed E-state index contributed by atoms with van der Waals surface area (Å²) in [6.07, 6.45) is -0.347. The molecule has 7 nitrogen and oxygen atoms in total. The van der Waals surface area contributed by atoms with Crippen molar-refractivity contribution in [3.8, 4) is 0 Å². The minimum Gasteiger partial charge on any atom is -0.322 e. The van der Waals surface area contributed by atoms with Gasteiger partial charge in [-0.05, 0) is 23.6 Å². The lowest BCUT2D eigenvalue weighted by molar-refractivity contribution is -0.136. The highest BCUT2D eigenvalue weighted by Gasteiger charge is 2.39. The number of piperidine rings is 1. The second-order valence-electron chi connectivity index (χ2n) is 7.00. The lowest BCUT2D eigenvalue weighted by atomic mass is 10.0. The first-order chi connectivity index (χ1) is 12.5. The Kier molecular flexibility index (Phi) is 4.46. The van der Waals surface area contributed by atoms with Gasteiger partial charge in [0.15, 0.2) is 0 Å². The highest BCUT2D eigenvalue weighted by atomic mass is 19.1. The number of amides is 3. The zero-order valence-electron chi connectivity index (χ0n) is 14.3. The van der Waals surface area contributed by atoms with Crippen molar-refractivity contribution >= 4 is 17.7 Å². The molecule has 2 saturated heterocycles. The summed E-state index contributed by atoms with van der Waals surface area (Å²) in [5, 5.41) is 8.52. The molecule has 0 aliphatic carbocycles. The van der Waals surface area contributed by atoms with Crippen LogP contribution in [0.15, 0.2) is 18.2 Å². The van der Waals surface area contributed by atoms with Crippen LogP contribution >= 0.6 is 0 Å². The molecule has 0 bridgehead atoms. The zero-order chi connectivity index (χ0) is 18.3. The van der Waals surface area contributed by atoms with Crippen molar-refractivity contribution < 1.29 is 18.8 Å². The Labute approximate surface area is 150 Å². The van der Waals surface area contributed by atoms with E-state index in [2.05, 4.69) is 16.0 Å². The van der Waals surface area contributed by atoms with E-state index in [9.17, 15) is 18.8 Å². The van der Waals surface area contributed by atoms with Crippen molar-refractivity contribution in [2.45, 2.75) is 44.2 Å². The lowest BCUT2D eigenvalue weighted by Gasteiger charge is -2.29. The van der Waals surface area contributed by atoms with E-state index in [1.807, 2.05) is 12.1 Å². The summed E-state index contributed by atoms with van der Waals surface area (Å²) in [6, 6.07) is 4.61. The Bertz CT molecular complexity index is 769. The van der Waals surface area contributed by atoms with Gasteiger partial charge in [0, 0.05) is 38.2 Å². The van der Waals surface area contributed by atoms with Crippen LogP contribution in [0.2, 0.25) is 0 Å². The molecule has 0 aromatic heterocycles. The minimum absolute atomic E-state index is 0.192. The van der Waals surface area contributed by atoms with E-state index in [4.69, 9.17) is 0 Å². The molecule has 138 valence electrons.